The summed E-state index contributed by atoms with van der Waals surface area (Å²) in [4.78, 5) is -0.214. The van der Waals surface area contributed by atoms with E-state index in [9.17, 15) is 18.1 Å². The number of phenols is 1. The van der Waals surface area contributed by atoms with Crippen molar-refractivity contribution < 1.29 is 22.8 Å². The van der Waals surface area contributed by atoms with Crippen LogP contribution in [0.4, 0.5) is 0 Å². The first-order chi connectivity index (χ1) is 13.9. The molecular formula is C23H32O5S. The van der Waals surface area contributed by atoms with E-state index in [1.54, 1.807) is 24.3 Å². The number of hydrogen-bond acceptors (Lipinski definition) is 4. The number of hydrogen-bond donors (Lipinski definition) is 2. The highest BCUT2D eigenvalue weighted by Crippen LogP contribution is 2.30. The van der Waals surface area contributed by atoms with E-state index in [4.69, 9.17) is 4.74 Å². The molecule has 0 atom stereocenters. The summed E-state index contributed by atoms with van der Waals surface area (Å²) in [6.45, 7) is 2.23. The van der Waals surface area contributed by atoms with Gasteiger partial charge in [0.25, 0.3) is 10.1 Å². The first-order valence-electron chi connectivity index (χ1n) is 10.5. The van der Waals surface area contributed by atoms with Crippen LogP contribution in [0.5, 0.6) is 17.2 Å². The minimum Gasteiger partial charge on any atom is -0.508 e. The molecule has 0 spiro atoms. The Bertz CT molecular complexity index is 861. The molecule has 0 aliphatic rings. The second kappa shape index (κ2) is 11.8. The summed E-state index contributed by atoms with van der Waals surface area (Å²) in [5.41, 5.74) is 0.880. The predicted molar refractivity (Wildman–Crippen MR) is 115 cm³/mol. The lowest BCUT2D eigenvalue weighted by Crippen LogP contribution is -1.98. The number of aryl methyl sites for hydroxylation is 1. The van der Waals surface area contributed by atoms with Crippen molar-refractivity contribution >= 4 is 10.1 Å². The molecule has 0 aliphatic carbocycles. The first-order valence-corrected chi connectivity index (χ1v) is 11.9. The lowest BCUT2D eigenvalue weighted by Gasteiger charge is -2.12. The molecule has 6 heteroatoms. The van der Waals surface area contributed by atoms with Crippen LogP contribution in [0.25, 0.3) is 0 Å². The van der Waals surface area contributed by atoms with Crippen LogP contribution in [0.2, 0.25) is 0 Å². The Hall–Kier alpha value is -2.05. The smallest absolute Gasteiger partial charge is 0.294 e. The maximum Gasteiger partial charge on any atom is 0.294 e. The number of phenolic OH excluding ortho intramolecular Hbond substituents is 1. The fourth-order valence-corrected chi connectivity index (χ4v) is 3.83. The zero-order valence-electron chi connectivity index (χ0n) is 17.1. The minimum absolute atomic E-state index is 0.176. The number of ether oxygens (including phenoxy) is 1. The molecule has 0 unspecified atom stereocenters. The van der Waals surface area contributed by atoms with Crippen LogP contribution in [-0.2, 0) is 16.5 Å². The van der Waals surface area contributed by atoms with Gasteiger partial charge < -0.3 is 9.84 Å². The van der Waals surface area contributed by atoms with Crippen LogP contribution in [0.15, 0.2) is 47.4 Å². The van der Waals surface area contributed by atoms with Crippen molar-refractivity contribution in [3.8, 4) is 17.2 Å². The Balaban J connectivity index is 1.89. The van der Waals surface area contributed by atoms with E-state index in [2.05, 4.69) is 6.92 Å². The molecule has 2 rings (SSSR count). The molecule has 0 radical (unpaired) electrons. The largest absolute Gasteiger partial charge is 0.508 e. The van der Waals surface area contributed by atoms with Gasteiger partial charge in [0.2, 0.25) is 0 Å². The molecule has 2 aromatic rings. The maximum absolute atomic E-state index is 11.3. The third-order valence-electron chi connectivity index (χ3n) is 4.92. The summed E-state index contributed by atoms with van der Waals surface area (Å²) in [7, 11) is -4.29. The molecule has 0 aliphatic heterocycles. The molecule has 0 amide bonds. The van der Waals surface area contributed by atoms with Crippen molar-refractivity contribution in [1.29, 1.82) is 0 Å². The van der Waals surface area contributed by atoms with E-state index < -0.39 is 10.1 Å². The van der Waals surface area contributed by atoms with Crippen molar-refractivity contribution in [2.45, 2.75) is 76.0 Å². The number of benzene rings is 2. The second-order valence-corrected chi connectivity index (χ2v) is 8.84. The van der Waals surface area contributed by atoms with E-state index in [-0.39, 0.29) is 10.6 Å². The highest BCUT2D eigenvalue weighted by Gasteiger charge is 2.12. The monoisotopic (exact) mass is 420 g/mol. The van der Waals surface area contributed by atoms with Gasteiger partial charge in [-0.15, -0.1) is 0 Å². The normalized spacial score (nSPS) is 11.5. The third-order valence-corrected chi connectivity index (χ3v) is 5.77. The summed E-state index contributed by atoms with van der Waals surface area (Å²) in [6.07, 6.45) is 11.9. The standard InChI is InChI=1S/C23H32O5S/c1-2-3-4-5-6-7-8-9-10-12-19-17-20(24)15-16-23(19)28-21-13-11-14-22(18-21)29(25,26)27/h11,13-18,24H,2-10,12H2,1H3,(H,25,26,27). The Labute approximate surface area is 174 Å². The van der Waals surface area contributed by atoms with Gasteiger partial charge in [-0.25, -0.2) is 0 Å². The molecular weight excluding hydrogens is 388 g/mol. The highest BCUT2D eigenvalue weighted by molar-refractivity contribution is 7.85. The van der Waals surface area contributed by atoms with Gasteiger partial charge in [-0.2, -0.15) is 8.42 Å². The van der Waals surface area contributed by atoms with E-state index in [0.29, 0.717) is 11.5 Å². The predicted octanol–water partition coefficient (Wildman–Crippen LogP) is 6.50. The summed E-state index contributed by atoms with van der Waals surface area (Å²) in [5.74, 6) is 1.07. The quantitative estimate of drug-likeness (QED) is 0.285. The average Bonchev–Trinajstić information content (AvgIpc) is 2.68. The van der Waals surface area contributed by atoms with Gasteiger partial charge in [0, 0.05) is 6.07 Å². The van der Waals surface area contributed by atoms with Crippen LogP contribution in [0.1, 0.15) is 70.3 Å². The van der Waals surface area contributed by atoms with Crippen LogP contribution in [-0.4, -0.2) is 18.1 Å². The summed E-state index contributed by atoms with van der Waals surface area (Å²) < 4.78 is 37.7. The lowest BCUT2D eigenvalue weighted by molar-refractivity contribution is 0.455. The van der Waals surface area contributed by atoms with Gasteiger partial charge in [0.15, 0.2) is 0 Å². The second-order valence-electron chi connectivity index (χ2n) is 7.42. The molecule has 0 bridgehead atoms. The average molecular weight is 421 g/mol. The highest BCUT2D eigenvalue weighted by atomic mass is 32.2. The lowest BCUT2D eigenvalue weighted by atomic mass is 10.0. The first kappa shape index (κ1) is 23.2. The fourth-order valence-electron chi connectivity index (χ4n) is 3.31. The van der Waals surface area contributed by atoms with E-state index in [0.717, 1.165) is 24.8 Å². The summed E-state index contributed by atoms with van der Waals surface area (Å²) in [5, 5.41) is 9.83. The van der Waals surface area contributed by atoms with E-state index >= 15 is 0 Å². The minimum atomic E-state index is -4.29. The van der Waals surface area contributed by atoms with Gasteiger partial charge in [0.05, 0.1) is 4.90 Å². The van der Waals surface area contributed by atoms with Crippen molar-refractivity contribution in [3.05, 3.63) is 48.0 Å². The Kier molecular flexibility index (Phi) is 9.48. The summed E-state index contributed by atoms with van der Waals surface area (Å²) >= 11 is 0. The number of unbranched alkanes of at least 4 members (excludes halogenated alkanes) is 8. The van der Waals surface area contributed by atoms with Crippen molar-refractivity contribution in [3.63, 3.8) is 0 Å². The molecule has 29 heavy (non-hydrogen) atoms. The Morgan fingerprint density at radius 3 is 2.17 bits per heavy atom. The topological polar surface area (TPSA) is 83.8 Å². The van der Waals surface area contributed by atoms with Crippen LogP contribution >= 0.6 is 0 Å². The SMILES string of the molecule is CCCCCCCCCCCc1cc(O)ccc1Oc1cccc(S(=O)(=O)O)c1. The molecule has 0 fully saturated rings. The zero-order chi connectivity index (χ0) is 21.1. The molecule has 0 aromatic heterocycles. The van der Waals surface area contributed by atoms with Gasteiger partial charge in [0.1, 0.15) is 17.2 Å². The van der Waals surface area contributed by atoms with Crippen molar-refractivity contribution in [2.24, 2.45) is 0 Å². The maximum atomic E-state index is 11.3. The fraction of sp³-hybridized carbons (Fsp3) is 0.478. The Morgan fingerprint density at radius 2 is 1.52 bits per heavy atom. The van der Waals surface area contributed by atoms with Gasteiger partial charge in [-0.1, -0.05) is 64.4 Å². The molecule has 0 saturated carbocycles. The van der Waals surface area contributed by atoms with Crippen LogP contribution in [0, 0.1) is 0 Å². The van der Waals surface area contributed by atoms with Gasteiger partial charge in [-0.3, -0.25) is 4.55 Å². The molecule has 2 N–H and O–H groups in total. The molecule has 0 saturated heterocycles. The van der Waals surface area contributed by atoms with Gasteiger partial charge >= 0.3 is 0 Å². The van der Waals surface area contributed by atoms with E-state index in [1.165, 1.54) is 63.1 Å². The molecule has 2 aromatic carbocycles. The molecule has 160 valence electrons. The third kappa shape index (κ3) is 8.46. The van der Waals surface area contributed by atoms with Crippen LogP contribution in [0.3, 0.4) is 0 Å². The zero-order valence-corrected chi connectivity index (χ0v) is 18.0. The van der Waals surface area contributed by atoms with Crippen molar-refractivity contribution in [2.75, 3.05) is 0 Å². The Morgan fingerprint density at radius 1 is 0.862 bits per heavy atom. The van der Waals surface area contributed by atoms with Crippen molar-refractivity contribution in [1.82, 2.24) is 0 Å². The summed E-state index contributed by atoms with van der Waals surface area (Å²) in [6, 6.07) is 10.6. The van der Waals surface area contributed by atoms with Gasteiger partial charge in [-0.05, 0) is 48.7 Å². The van der Waals surface area contributed by atoms with E-state index in [1.807, 2.05) is 0 Å². The molecule has 0 heterocycles. The van der Waals surface area contributed by atoms with Crippen LogP contribution < -0.4 is 4.74 Å². The number of aromatic hydroxyl groups is 1. The number of rotatable bonds is 13. The molecule has 5 nitrogen and oxygen atoms in total.